The minimum atomic E-state index is -3.38. The SMILES string of the molecule is CCS(=O)(=O)Nc1cccc(C(=O)N2c3ccc(Br)cc3C[C@@H]2C)c1. The molecule has 3 rings (SSSR count). The summed E-state index contributed by atoms with van der Waals surface area (Å²) >= 11 is 3.46. The third-order valence-corrected chi connectivity index (χ3v) is 6.04. The van der Waals surface area contributed by atoms with E-state index in [-0.39, 0.29) is 17.7 Å². The van der Waals surface area contributed by atoms with Crippen molar-refractivity contribution in [2.75, 3.05) is 15.4 Å². The molecule has 132 valence electrons. The first-order chi connectivity index (χ1) is 11.8. The maximum atomic E-state index is 13.0. The van der Waals surface area contributed by atoms with Gasteiger partial charge in [0.15, 0.2) is 0 Å². The highest BCUT2D eigenvalue weighted by atomic mass is 79.9. The zero-order valence-electron chi connectivity index (χ0n) is 14.0. The van der Waals surface area contributed by atoms with Crippen molar-refractivity contribution in [1.82, 2.24) is 0 Å². The number of hydrogen-bond acceptors (Lipinski definition) is 3. The maximum Gasteiger partial charge on any atom is 0.258 e. The largest absolute Gasteiger partial charge is 0.305 e. The summed E-state index contributed by atoms with van der Waals surface area (Å²) in [6, 6.07) is 12.5. The van der Waals surface area contributed by atoms with Gasteiger partial charge in [-0.1, -0.05) is 22.0 Å². The first-order valence-corrected chi connectivity index (χ1v) is 10.5. The number of nitrogens with zero attached hydrogens (tertiary/aromatic N) is 1. The number of rotatable bonds is 4. The molecule has 0 saturated carbocycles. The van der Waals surface area contributed by atoms with Gasteiger partial charge < -0.3 is 4.90 Å². The minimum Gasteiger partial charge on any atom is -0.305 e. The van der Waals surface area contributed by atoms with Crippen LogP contribution in [0.1, 0.15) is 29.8 Å². The first kappa shape index (κ1) is 17.9. The minimum absolute atomic E-state index is 0.0173. The molecular formula is C18H19BrN2O3S. The number of sulfonamides is 1. The van der Waals surface area contributed by atoms with Crippen LogP contribution in [-0.2, 0) is 16.4 Å². The van der Waals surface area contributed by atoms with E-state index in [2.05, 4.69) is 20.7 Å². The number of carbonyl (C=O) groups excluding carboxylic acids is 1. The van der Waals surface area contributed by atoms with E-state index < -0.39 is 10.0 Å². The fourth-order valence-electron chi connectivity index (χ4n) is 3.02. The van der Waals surface area contributed by atoms with Crippen LogP contribution in [0.2, 0.25) is 0 Å². The number of benzene rings is 2. The molecular weight excluding hydrogens is 404 g/mol. The Morgan fingerprint density at radius 1 is 1.28 bits per heavy atom. The second kappa shape index (κ2) is 6.80. The Morgan fingerprint density at radius 3 is 2.76 bits per heavy atom. The Labute approximate surface area is 156 Å². The van der Waals surface area contributed by atoms with Crippen molar-refractivity contribution < 1.29 is 13.2 Å². The molecule has 0 aliphatic carbocycles. The summed E-state index contributed by atoms with van der Waals surface area (Å²) in [5.41, 5.74) is 2.88. The Balaban J connectivity index is 1.92. The third kappa shape index (κ3) is 3.72. The van der Waals surface area contributed by atoms with Crippen molar-refractivity contribution in [3.05, 3.63) is 58.1 Å². The van der Waals surface area contributed by atoms with Crippen LogP contribution in [0.25, 0.3) is 0 Å². The van der Waals surface area contributed by atoms with Crippen molar-refractivity contribution in [3.8, 4) is 0 Å². The van der Waals surface area contributed by atoms with Gasteiger partial charge in [-0.05, 0) is 62.2 Å². The molecule has 2 aromatic rings. The normalized spacial score (nSPS) is 16.6. The predicted octanol–water partition coefficient (Wildman–Crippen LogP) is 3.80. The van der Waals surface area contributed by atoms with Gasteiger partial charge in [-0.3, -0.25) is 9.52 Å². The average molecular weight is 423 g/mol. The summed E-state index contributed by atoms with van der Waals surface area (Å²) in [6.07, 6.45) is 0.794. The summed E-state index contributed by atoms with van der Waals surface area (Å²) in [4.78, 5) is 14.8. The third-order valence-electron chi connectivity index (χ3n) is 4.24. The highest BCUT2D eigenvalue weighted by Gasteiger charge is 2.31. The zero-order valence-corrected chi connectivity index (χ0v) is 16.4. The molecule has 1 atom stereocenters. The van der Waals surface area contributed by atoms with Gasteiger partial charge in [0.1, 0.15) is 0 Å². The molecule has 5 nitrogen and oxygen atoms in total. The second-order valence-electron chi connectivity index (χ2n) is 6.09. The summed E-state index contributed by atoms with van der Waals surface area (Å²) in [6.45, 7) is 3.58. The van der Waals surface area contributed by atoms with E-state index in [1.807, 2.05) is 25.1 Å². The number of amides is 1. The Kier molecular flexibility index (Phi) is 4.88. The van der Waals surface area contributed by atoms with E-state index in [4.69, 9.17) is 0 Å². The van der Waals surface area contributed by atoms with Crippen LogP contribution in [0.5, 0.6) is 0 Å². The lowest BCUT2D eigenvalue weighted by Crippen LogP contribution is -2.35. The molecule has 0 unspecified atom stereocenters. The number of nitrogens with one attached hydrogen (secondary N) is 1. The van der Waals surface area contributed by atoms with E-state index in [1.54, 1.807) is 36.1 Å². The molecule has 0 bridgehead atoms. The van der Waals surface area contributed by atoms with Gasteiger partial charge in [-0.2, -0.15) is 0 Å². The van der Waals surface area contributed by atoms with Gasteiger partial charge in [0.2, 0.25) is 10.0 Å². The number of anilines is 2. The molecule has 1 aliphatic rings. The standard InChI is InChI=1S/C18H19BrN2O3S/c1-3-25(23,24)20-16-6-4-5-13(11-16)18(22)21-12(2)9-14-10-15(19)7-8-17(14)21/h4-8,10-12,20H,3,9H2,1-2H3/t12-/m0/s1. The van der Waals surface area contributed by atoms with Crippen LogP contribution in [0, 0.1) is 0 Å². The Bertz CT molecular complexity index is 928. The molecule has 2 aromatic carbocycles. The van der Waals surface area contributed by atoms with E-state index in [9.17, 15) is 13.2 Å². The van der Waals surface area contributed by atoms with Crippen molar-refractivity contribution in [2.24, 2.45) is 0 Å². The molecule has 0 fully saturated rings. The molecule has 1 N–H and O–H groups in total. The van der Waals surface area contributed by atoms with Crippen molar-refractivity contribution in [3.63, 3.8) is 0 Å². The van der Waals surface area contributed by atoms with Crippen molar-refractivity contribution >= 4 is 43.2 Å². The first-order valence-electron chi connectivity index (χ1n) is 8.03. The molecule has 0 spiro atoms. The van der Waals surface area contributed by atoms with Crippen LogP contribution >= 0.6 is 15.9 Å². The van der Waals surface area contributed by atoms with Gasteiger partial charge in [0.25, 0.3) is 5.91 Å². The lowest BCUT2D eigenvalue weighted by Gasteiger charge is -2.23. The quantitative estimate of drug-likeness (QED) is 0.814. The van der Waals surface area contributed by atoms with Gasteiger partial charge in [0.05, 0.1) is 5.75 Å². The highest BCUT2D eigenvalue weighted by Crippen LogP contribution is 2.35. The summed E-state index contributed by atoms with van der Waals surface area (Å²) < 4.78 is 27.0. The van der Waals surface area contributed by atoms with Gasteiger partial charge in [-0.15, -0.1) is 0 Å². The molecule has 0 saturated heterocycles. The molecule has 1 heterocycles. The smallest absolute Gasteiger partial charge is 0.258 e. The highest BCUT2D eigenvalue weighted by molar-refractivity contribution is 9.10. The Hall–Kier alpha value is -1.86. The van der Waals surface area contributed by atoms with Crippen molar-refractivity contribution in [1.29, 1.82) is 0 Å². The number of hydrogen-bond donors (Lipinski definition) is 1. The second-order valence-corrected chi connectivity index (χ2v) is 9.01. The molecule has 25 heavy (non-hydrogen) atoms. The maximum absolute atomic E-state index is 13.0. The number of halogens is 1. The van der Waals surface area contributed by atoms with E-state index in [0.29, 0.717) is 11.3 Å². The van der Waals surface area contributed by atoms with Gasteiger partial charge >= 0.3 is 0 Å². The molecule has 0 radical (unpaired) electrons. The van der Waals surface area contributed by atoms with E-state index in [0.717, 1.165) is 22.1 Å². The van der Waals surface area contributed by atoms with Crippen LogP contribution in [0.4, 0.5) is 11.4 Å². The fraction of sp³-hybridized carbons (Fsp3) is 0.278. The van der Waals surface area contributed by atoms with E-state index >= 15 is 0 Å². The predicted molar refractivity (Wildman–Crippen MR) is 104 cm³/mol. The monoisotopic (exact) mass is 422 g/mol. The van der Waals surface area contributed by atoms with Gasteiger partial charge in [-0.25, -0.2) is 8.42 Å². The Morgan fingerprint density at radius 2 is 2.04 bits per heavy atom. The summed E-state index contributed by atoms with van der Waals surface area (Å²) in [5, 5.41) is 0. The van der Waals surface area contributed by atoms with Crippen molar-refractivity contribution in [2.45, 2.75) is 26.3 Å². The fourth-order valence-corrected chi connectivity index (χ4v) is 4.05. The van der Waals surface area contributed by atoms with Crippen LogP contribution in [0.15, 0.2) is 46.9 Å². The van der Waals surface area contributed by atoms with Crippen LogP contribution in [-0.4, -0.2) is 26.1 Å². The van der Waals surface area contributed by atoms with E-state index in [1.165, 1.54) is 0 Å². The lowest BCUT2D eigenvalue weighted by molar-refractivity contribution is 0.0981. The summed E-state index contributed by atoms with van der Waals surface area (Å²) in [7, 11) is -3.38. The number of fused-ring (bicyclic) bond motifs is 1. The summed E-state index contributed by atoms with van der Waals surface area (Å²) in [5.74, 6) is -0.150. The number of carbonyl (C=O) groups is 1. The van der Waals surface area contributed by atoms with Gasteiger partial charge in [0, 0.05) is 27.5 Å². The lowest BCUT2D eigenvalue weighted by atomic mass is 10.1. The molecule has 1 aliphatic heterocycles. The molecule has 0 aromatic heterocycles. The molecule has 1 amide bonds. The zero-order chi connectivity index (χ0) is 18.2. The topological polar surface area (TPSA) is 66.5 Å². The molecule has 7 heteroatoms. The van der Waals surface area contributed by atoms with Crippen LogP contribution in [0.3, 0.4) is 0 Å². The van der Waals surface area contributed by atoms with Crippen LogP contribution < -0.4 is 9.62 Å². The average Bonchev–Trinajstić information content (AvgIpc) is 2.89.